The lowest BCUT2D eigenvalue weighted by Crippen LogP contribution is -2.19. The second-order valence-corrected chi connectivity index (χ2v) is 4.15. The average molecular weight is 249 g/mol. The van der Waals surface area contributed by atoms with Crippen LogP contribution >= 0.6 is 0 Å². The zero-order chi connectivity index (χ0) is 13.2. The highest BCUT2D eigenvalue weighted by Crippen LogP contribution is 2.33. The lowest BCUT2D eigenvalue weighted by atomic mass is 9.92. The van der Waals surface area contributed by atoms with Gasteiger partial charge in [-0.15, -0.1) is 0 Å². The predicted octanol–water partition coefficient (Wildman–Crippen LogP) is 3.89. The highest BCUT2D eigenvalue weighted by molar-refractivity contribution is 5.28. The van der Waals surface area contributed by atoms with E-state index in [0.29, 0.717) is 5.56 Å². The van der Waals surface area contributed by atoms with E-state index in [1.54, 1.807) is 0 Å². The van der Waals surface area contributed by atoms with Crippen molar-refractivity contribution < 1.29 is 17.6 Å². The third-order valence-corrected chi connectivity index (χ3v) is 2.94. The number of rotatable bonds is 3. The van der Waals surface area contributed by atoms with Crippen molar-refractivity contribution in [1.29, 1.82) is 0 Å². The first-order valence-electron chi connectivity index (χ1n) is 5.39. The predicted molar refractivity (Wildman–Crippen MR) is 57.8 cm³/mol. The molecule has 0 bridgehead atoms. The van der Waals surface area contributed by atoms with Gasteiger partial charge < -0.3 is 5.73 Å². The number of alkyl halides is 3. The SMILES string of the molecule is CCC(C)C(N)c1ccc(C(F)(F)F)c(F)c1. The van der Waals surface area contributed by atoms with Gasteiger partial charge in [0.1, 0.15) is 5.82 Å². The van der Waals surface area contributed by atoms with Crippen LogP contribution < -0.4 is 5.73 Å². The molecule has 0 aromatic heterocycles. The molecule has 0 saturated carbocycles. The monoisotopic (exact) mass is 249 g/mol. The first-order valence-corrected chi connectivity index (χ1v) is 5.39. The summed E-state index contributed by atoms with van der Waals surface area (Å²) in [5.41, 5.74) is 4.97. The van der Waals surface area contributed by atoms with Gasteiger partial charge in [0.2, 0.25) is 0 Å². The largest absolute Gasteiger partial charge is 0.419 e. The number of hydrogen-bond donors (Lipinski definition) is 1. The summed E-state index contributed by atoms with van der Waals surface area (Å²) < 4.78 is 50.3. The van der Waals surface area contributed by atoms with Crippen LogP contribution in [0.5, 0.6) is 0 Å². The Labute approximate surface area is 97.6 Å². The van der Waals surface area contributed by atoms with E-state index in [1.807, 2.05) is 13.8 Å². The molecule has 2 unspecified atom stereocenters. The van der Waals surface area contributed by atoms with Crippen LogP contribution in [0.4, 0.5) is 17.6 Å². The summed E-state index contributed by atoms with van der Waals surface area (Å²) in [5.74, 6) is -1.18. The molecule has 0 aliphatic carbocycles. The van der Waals surface area contributed by atoms with Crippen LogP contribution in [0.15, 0.2) is 18.2 Å². The fraction of sp³-hybridized carbons (Fsp3) is 0.500. The van der Waals surface area contributed by atoms with Crippen molar-refractivity contribution in [3.63, 3.8) is 0 Å². The molecule has 1 rings (SSSR count). The van der Waals surface area contributed by atoms with Crippen LogP contribution in [0.2, 0.25) is 0 Å². The minimum Gasteiger partial charge on any atom is -0.324 e. The molecule has 2 N–H and O–H groups in total. The Bertz CT molecular complexity index is 387. The summed E-state index contributed by atoms with van der Waals surface area (Å²) in [6.45, 7) is 3.80. The molecule has 0 fully saturated rings. The van der Waals surface area contributed by atoms with Gasteiger partial charge in [0.25, 0.3) is 0 Å². The van der Waals surface area contributed by atoms with Gasteiger partial charge in [-0.3, -0.25) is 0 Å². The van der Waals surface area contributed by atoms with Gasteiger partial charge in [-0.05, 0) is 23.6 Å². The first-order chi connectivity index (χ1) is 7.77. The lowest BCUT2D eigenvalue weighted by Gasteiger charge is -2.19. The number of hydrogen-bond acceptors (Lipinski definition) is 1. The molecule has 1 nitrogen and oxygen atoms in total. The van der Waals surface area contributed by atoms with Crippen molar-refractivity contribution in [3.05, 3.63) is 35.1 Å². The van der Waals surface area contributed by atoms with Crippen LogP contribution in [0.25, 0.3) is 0 Å². The lowest BCUT2D eigenvalue weighted by molar-refractivity contribution is -0.140. The fourth-order valence-electron chi connectivity index (χ4n) is 1.55. The normalized spacial score (nSPS) is 15.7. The Morgan fingerprint density at radius 2 is 1.88 bits per heavy atom. The standard InChI is InChI=1S/C12H15F4N/c1-3-7(2)11(17)8-4-5-9(10(13)6-8)12(14,15)16/h4-7,11H,3,17H2,1-2H3. The zero-order valence-corrected chi connectivity index (χ0v) is 9.68. The molecule has 1 aromatic rings. The quantitative estimate of drug-likeness (QED) is 0.808. The van der Waals surface area contributed by atoms with E-state index in [4.69, 9.17) is 5.73 Å². The molecule has 1 aromatic carbocycles. The smallest absolute Gasteiger partial charge is 0.324 e. The third kappa shape index (κ3) is 3.19. The van der Waals surface area contributed by atoms with Gasteiger partial charge >= 0.3 is 6.18 Å². The van der Waals surface area contributed by atoms with Crippen molar-refractivity contribution in [1.82, 2.24) is 0 Å². The average Bonchev–Trinajstić information content (AvgIpc) is 2.25. The molecular weight excluding hydrogens is 234 g/mol. The van der Waals surface area contributed by atoms with Gasteiger partial charge in [0, 0.05) is 6.04 Å². The molecule has 0 saturated heterocycles. The molecule has 0 amide bonds. The maximum atomic E-state index is 13.3. The number of nitrogens with two attached hydrogens (primary N) is 1. The Morgan fingerprint density at radius 1 is 1.29 bits per heavy atom. The third-order valence-electron chi connectivity index (χ3n) is 2.94. The maximum Gasteiger partial charge on any atom is 0.419 e. The van der Waals surface area contributed by atoms with E-state index < -0.39 is 23.6 Å². The van der Waals surface area contributed by atoms with Crippen LogP contribution in [-0.2, 0) is 6.18 Å². The highest BCUT2D eigenvalue weighted by Gasteiger charge is 2.34. The second-order valence-electron chi connectivity index (χ2n) is 4.15. The Hall–Kier alpha value is -1.10. The van der Waals surface area contributed by atoms with Crippen LogP contribution in [0.1, 0.15) is 37.4 Å². The van der Waals surface area contributed by atoms with Crippen LogP contribution in [0.3, 0.4) is 0 Å². The van der Waals surface area contributed by atoms with Gasteiger partial charge in [-0.25, -0.2) is 4.39 Å². The highest BCUT2D eigenvalue weighted by atomic mass is 19.4. The maximum absolute atomic E-state index is 13.3. The van der Waals surface area contributed by atoms with Gasteiger partial charge in [0.15, 0.2) is 0 Å². The van der Waals surface area contributed by atoms with E-state index in [1.165, 1.54) is 6.07 Å². The van der Waals surface area contributed by atoms with Gasteiger partial charge in [0.05, 0.1) is 5.56 Å². The molecule has 17 heavy (non-hydrogen) atoms. The Balaban J connectivity index is 3.05. The molecule has 0 spiro atoms. The summed E-state index contributed by atoms with van der Waals surface area (Å²) >= 11 is 0. The van der Waals surface area contributed by atoms with E-state index in [-0.39, 0.29) is 5.92 Å². The number of halogens is 4. The molecule has 2 atom stereocenters. The summed E-state index contributed by atoms with van der Waals surface area (Å²) in [6.07, 6.45) is -3.88. The molecule has 5 heteroatoms. The number of benzene rings is 1. The molecule has 0 heterocycles. The summed E-state index contributed by atoms with van der Waals surface area (Å²) in [4.78, 5) is 0. The zero-order valence-electron chi connectivity index (χ0n) is 9.68. The van der Waals surface area contributed by atoms with Crippen LogP contribution in [-0.4, -0.2) is 0 Å². The Morgan fingerprint density at radius 3 is 2.29 bits per heavy atom. The topological polar surface area (TPSA) is 26.0 Å². The molecule has 0 radical (unpaired) electrons. The summed E-state index contributed by atoms with van der Waals surface area (Å²) in [5, 5.41) is 0. The van der Waals surface area contributed by atoms with E-state index in [2.05, 4.69) is 0 Å². The van der Waals surface area contributed by atoms with Crippen molar-refractivity contribution in [2.45, 2.75) is 32.5 Å². The second kappa shape index (κ2) is 5.04. The van der Waals surface area contributed by atoms with Crippen molar-refractivity contribution >= 4 is 0 Å². The van der Waals surface area contributed by atoms with Crippen molar-refractivity contribution in [3.8, 4) is 0 Å². The minimum absolute atomic E-state index is 0.0890. The summed E-state index contributed by atoms with van der Waals surface area (Å²) in [7, 11) is 0. The molecule has 0 aliphatic heterocycles. The van der Waals surface area contributed by atoms with E-state index in [9.17, 15) is 17.6 Å². The van der Waals surface area contributed by atoms with Gasteiger partial charge in [-0.1, -0.05) is 26.3 Å². The Kier molecular flexibility index (Phi) is 4.14. The molecule has 96 valence electrons. The molecular formula is C12H15F4N. The first kappa shape index (κ1) is 14.0. The van der Waals surface area contributed by atoms with Crippen molar-refractivity contribution in [2.24, 2.45) is 11.7 Å². The van der Waals surface area contributed by atoms with E-state index in [0.717, 1.165) is 18.6 Å². The van der Waals surface area contributed by atoms with E-state index >= 15 is 0 Å². The minimum atomic E-state index is -4.66. The van der Waals surface area contributed by atoms with Crippen LogP contribution in [0, 0.1) is 11.7 Å². The summed E-state index contributed by atoms with van der Waals surface area (Å²) in [6, 6.07) is 2.41. The fourth-order valence-corrected chi connectivity index (χ4v) is 1.55. The molecule has 0 aliphatic rings. The van der Waals surface area contributed by atoms with Crippen molar-refractivity contribution in [2.75, 3.05) is 0 Å². The van der Waals surface area contributed by atoms with Gasteiger partial charge in [-0.2, -0.15) is 13.2 Å².